The number of carbonyl (C=O) groups excluding carboxylic acids is 2. The molecule has 0 aliphatic carbocycles. The summed E-state index contributed by atoms with van der Waals surface area (Å²) >= 11 is 1.31. The van der Waals surface area contributed by atoms with E-state index in [1.165, 1.54) is 11.8 Å². The number of likely N-dealkylation sites (tertiary alicyclic amines) is 1. The fourth-order valence-corrected chi connectivity index (χ4v) is 2.76. The van der Waals surface area contributed by atoms with Crippen LogP contribution in [0.3, 0.4) is 0 Å². The SMILES string of the molecule is CC(=O)SC1CN(C(=O)N(C)c2cccnc2)C1. The van der Waals surface area contributed by atoms with Crippen LogP contribution in [0.25, 0.3) is 0 Å². The highest BCUT2D eigenvalue weighted by molar-refractivity contribution is 8.14. The maximum atomic E-state index is 12.1. The Morgan fingerprint density at radius 1 is 1.50 bits per heavy atom. The lowest BCUT2D eigenvalue weighted by Gasteiger charge is -2.40. The van der Waals surface area contributed by atoms with Crippen LogP contribution >= 0.6 is 11.8 Å². The molecular weight excluding hydrogens is 250 g/mol. The van der Waals surface area contributed by atoms with Crippen molar-refractivity contribution in [3.05, 3.63) is 24.5 Å². The molecule has 2 rings (SSSR count). The number of anilines is 1. The van der Waals surface area contributed by atoms with Gasteiger partial charge in [0.1, 0.15) is 0 Å². The van der Waals surface area contributed by atoms with Crippen LogP contribution in [0.1, 0.15) is 6.92 Å². The van der Waals surface area contributed by atoms with Crippen molar-refractivity contribution >= 4 is 28.6 Å². The number of aromatic nitrogens is 1. The zero-order valence-corrected chi connectivity index (χ0v) is 11.2. The highest BCUT2D eigenvalue weighted by atomic mass is 32.2. The third-order valence-electron chi connectivity index (χ3n) is 2.77. The summed E-state index contributed by atoms with van der Waals surface area (Å²) in [6.07, 6.45) is 3.32. The van der Waals surface area contributed by atoms with Crippen LogP contribution in [0.5, 0.6) is 0 Å². The van der Waals surface area contributed by atoms with Crippen molar-refractivity contribution in [3.8, 4) is 0 Å². The minimum absolute atomic E-state index is 0.0524. The van der Waals surface area contributed by atoms with Gasteiger partial charge in [0.15, 0.2) is 5.12 Å². The molecule has 1 aromatic heterocycles. The lowest BCUT2D eigenvalue weighted by atomic mass is 10.2. The molecule has 2 amide bonds. The molecule has 0 spiro atoms. The average molecular weight is 265 g/mol. The molecule has 0 atom stereocenters. The van der Waals surface area contributed by atoms with Gasteiger partial charge in [-0.1, -0.05) is 11.8 Å². The first-order valence-corrected chi connectivity index (χ1v) is 6.56. The molecule has 5 nitrogen and oxygen atoms in total. The number of rotatable bonds is 2. The van der Waals surface area contributed by atoms with Crippen molar-refractivity contribution in [2.45, 2.75) is 12.2 Å². The van der Waals surface area contributed by atoms with Gasteiger partial charge in [-0.15, -0.1) is 0 Å². The van der Waals surface area contributed by atoms with Crippen molar-refractivity contribution in [3.63, 3.8) is 0 Å². The van der Waals surface area contributed by atoms with Crippen LogP contribution in [-0.4, -0.2) is 46.4 Å². The molecule has 18 heavy (non-hydrogen) atoms. The van der Waals surface area contributed by atoms with Crippen molar-refractivity contribution in [2.24, 2.45) is 0 Å². The quantitative estimate of drug-likeness (QED) is 0.815. The zero-order valence-electron chi connectivity index (χ0n) is 10.4. The van der Waals surface area contributed by atoms with E-state index >= 15 is 0 Å². The summed E-state index contributed by atoms with van der Waals surface area (Å²) in [5.74, 6) is 0. The Kier molecular flexibility index (Phi) is 3.86. The average Bonchev–Trinajstić information content (AvgIpc) is 2.32. The lowest BCUT2D eigenvalue weighted by molar-refractivity contribution is -0.109. The monoisotopic (exact) mass is 265 g/mol. The van der Waals surface area contributed by atoms with Crippen LogP contribution in [0.4, 0.5) is 10.5 Å². The summed E-state index contributed by atoms with van der Waals surface area (Å²) in [6, 6.07) is 3.58. The summed E-state index contributed by atoms with van der Waals surface area (Å²) in [5, 5.41) is 0.349. The second kappa shape index (κ2) is 5.39. The van der Waals surface area contributed by atoms with Gasteiger partial charge in [-0.3, -0.25) is 14.7 Å². The molecule has 1 fully saturated rings. The van der Waals surface area contributed by atoms with Gasteiger partial charge in [0.05, 0.1) is 11.9 Å². The van der Waals surface area contributed by atoms with E-state index in [0.29, 0.717) is 13.1 Å². The number of urea groups is 1. The van der Waals surface area contributed by atoms with Gasteiger partial charge in [0, 0.05) is 38.5 Å². The second-order valence-electron chi connectivity index (χ2n) is 4.19. The fourth-order valence-electron chi connectivity index (χ4n) is 1.78. The fraction of sp³-hybridized carbons (Fsp3) is 0.417. The van der Waals surface area contributed by atoms with Crippen LogP contribution in [0, 0.1) is 0 Å². The lowest BCUT2D eigenvalue weighted by Crippen LogP contribution is -2.56. The first-order valence-electron chi connectivity index (χ1n) is 5.68. The first-order chi connectivity index (χ1) is 8.58. The number of pyridine rings is 1. The van der Waals surface area contributed by atoms with Gasteiger partial charge in [-0.05, 0) is 12.1 Å². The largest absolute Gasteiger partial charge is 0.324 e. The highest BCUT2D eigenvalue weighted by Gasteiger charge is 2.33. The molecule has 0 unspecified atom stereocenters. The summed E-state index contributed by atoms with van der Waals surface area (Å²) < 4.78 is 0. The summed E-state index contributed by atoms with van der Waals surface area (Å²) in [6.45, 7) is 2.82. The van der Waals surface area contributed by atoms with Gasteiger partial charge in [0.25, 0.3) is 0 Å². The molecule has 1 aliphatic rings. The van der Waals surface area contributed by atoms with E-state index in [2.05, 4.69) is 4.98 Å². The van der Waals surface area contributed by atoms with E-state index in [1.807, 2.05) is 6.07 Å². The zero-order chi connectivity index (χ0) is 13.1. The highest BCUT2D eigenvalue weighted by Crippen LogP contribution is 2.24. The molecule has 96 valence electrons. The Bertz CT molecular complexity index is 446. The van der Waals surface area contributed by atoms with Crippen LogP contribution in [0.15, 0.2) is 24.5 Å². The van der Waals surface area contributed by atoms with E-state index < -0.39 is 0 Å². The molecule has 0 saturated carbocycles. The predicted octanol–water partition coefficient (Wildman–Crippen LogP) is 1.60. The van der Waals surface area contributed by atoms with E-state index in [4.69, 9.17) is 0 Å². The number of amides is 2. The number of thioether (sulfide) groups is 1. The standard InChI is InChI=1S/C12H15N3O2S/c1-9(16)18-11-7-15(8-11)12(17)14(2)10-4-3-5-13-6-10/h3-6,11H,7-8H2,1-2H3. The molecule has 0 bridgehead atoms. The second-order valence-corrected chi connectivity index (χ2v) is 5.67. The maximum absolute atomic E-state index is 12.1. The predicted molar refractivity (Wildman–Crippen MR) is 71.7 cm³/mol. The minimum Gasteiger partial charge on any atom is -0.322 e. The van der Waals surface area contributed by atoms with E-state index in [-0.39, 0.29) is 16.4 Å². The summed E-state index contributed by atoms with van der Waals surface area (Å²) in [5.41, 5.74) is 0.769. The molecule has 6 heteroatoms. The number of nitrogens with zero attached hydrogens (tertiary/aromatic N) is 3. The first kappa shape index (κ1) is 12.9. The summed E-state index contributed by atoms with van der Waals surface area (Å²) in [4.78, 5) is 30.3. The van der Waals surface area contributed by atoms with Crippen molar-refractivity contribution in [2.75, 3.05) is 25.0 Å². The normalized spacial score (nSPS) is 15.1. The topological polar surface area (TPSA) is 53.5 Å². The third-order valence-corrected chi connectivity index (χ3v) is 3.73. The van der Waals surface area contributed by atoms with Gasteiger partial charge in [-0.25, -0.2) is 4.79 Å². The molecule has 0 aromatic carbocycles. The van der Waals surface area contributed by atoms with Crippen molar-refractivity contribution < 1.29 is 9.59 Å². The Balaban J connectivity index is 1.88. The smallest absolute Gasteiger partial charge is 0.322 e. The van der Waals surface area contributed by atoms with E-state index in [9.17, 15) is 9.59 Å². The number of hydrogen-bond acceptors (Lipinski definition) is 4. The Morgan fingerprint density at radius 3 is 2.78 bits per heavy atom. The van der Waals surface area contributed by atoms with Gasteiger partial charge >= 0.3 is 6.03 Å². The molecule has 1 aliphatic heterocycles. The van der Waals surface area contributed by atoms with Crippen molar-refractivity contribution in [1.29, 1.82) is 0 Å². The Hall–Kier alpha value is -1.56. The van der Waals surface area contributed by atoms with E-state index in [0.717, 1.165) is 5.69 Å². The van der Waals surface area contributed by atoms with Crippen LogP contribution < -0.4 is 4.90 Å². The number of hydrogen-bond donors (Lipinski definition) is 0. The maximum Gasteiger partial charge on any atom is 0.324 e. The van der Waals surface area contributed by atoms with Gasteiger partial charge in [-0.2, -0.15) is 0 Å². The third kappa shape index (κ3) is 2.81. The Labute approximate surface area is 110 Å². The van der Waals surface area contributed by atoms with Crippen LogP contribution in [0.2, 0.25) is 0 Å². The Morgan fingerprint density at radius 2 is 2.22 bits per heavy atom. The van der Waals surface area contributed by atoms with Gasteiger partial charge < -0.3 is 4.90 Å². The molecular formula is C12H15N3O2S. The van der Waals surface area contributed by atoms with Crippen molar-refractivity contribution in [1.82, 2.24) is 9.88 Å². The molecule has 0 radical (unpaired) electrons. The minimum atomic E-state index is -0.0524. The number of carbonyl (C=O) groups is 2. The van der Waals surface area contributed by atoms with Crippen LogP contribution in [-0.2, 0) is 4.79 Å². The molecule has 2 heterocycles. The molecule has 0 N–H and O–H groups in total. The summed E-state index contributed by atoms with van der Waals surface area (Å²) in [7, 11) is 1.73. The van der Waals surface area contributed by atoms with E-state index in [1.54, 1.807) is 42.2 Å². The molecule has 1 saturated heterocycles. The van der Waals surface area contributed by atoms with Gasteiger partial charge in [0.2, 0.25) is 0 Å². The molecule has 1 aromatic rings.